The molecule has 2 heteroatoms. The van der Waals surface area contributed by atoms with Crippen molar-refractivity contribution in [3.63, 3.8) is 0 Å². The molecular weight excluding hydrogens is 244 g/mol. The summed E-state index contributed by atoms with van der Waals surface area (Å²) in [5.74, 6) is 0.483. The van der Waals surface area contributed by atoms with Gasteiger partial charge in [-0.2, -0.15) is 0 Å². The van der Waals surface area contributed by atoms with Gasteiger partial charge in [-0.05, 0) is 56.5 Å². The van der Waals surface area contributed by atoms with Crippen LogP contribution in [0.5, 0.6) is 0 Å². The fourth-order valence-electron chi connectivity index (χ4n) is 3.44. The molecule has 1 aromatic carbocycles. The van der Waals surface area contributed by atoms with Crippen LogP contribution in [0.4, 0.5) is 0 Å². The first-order valence-corrected chi connectivity index (χ1v) is 7.39. The lowest BCUT2D eigenvalue weighted by atomic mass is 9.87. The Hall–Kier alpha value is -1.67. The summed E-state index contributed by atoms with van der Waals surface area (Å²) < 4.78 is 0. The molecule has 0 fully saturated rings. The Balaban J connectivity index is 2.01. The van der Waals surface area contributed by atoms with Crippen molar-refractivity contribution in [1.29, 1.82) is 0 Å². The number of rotatable bonds is 3. The Bertz CT molecular complexity index is 619. The zero-order chi connectivity index (χ0) is 14.1. The minimum Gasteiger partial charge on any atom is -0.312 e. The summed E-state index contributed by atoms with van der Waals surface area (Å²) in [5, 5.41) is 3.53. The molecular formula is C18H22N2. The SMILES string of the molecule is CNC(c1cc(C)ccc1C)C1CCc2cccnc21. The topological polar surface area (TPSA) is 24.9 Å². The van der Waals surface area contributed by atoms with Gasteiger partial charge in [-0.25, -0.2) is 0 Å². The number of aryl methyl sites for hydroxylation is 3. The summed E-state index contributed by atoms with van der Waals surface area (Å²) in [5.41, 5.74) is 6.80. The number of nitrogens with zero attached hydrogens (tertiary/aromatic N) is 1. The van der Waals surface area contributed by atoms with E-state index in [-0.39, 0.29) is 0 Å². The highest BCUT2D eigenvalue weighted by Gasteiger charge is 2.31. The highest BCUT2D eigenvalue weighted by Crippen LogP contribution is 2.41. The summed E-state index contributed by atoms with van der Waals surface area (Å²) in [7, 11) is 2.06. The summed E-state index contributed by atoms with van der Waals surface area (Å²) in [6.45, 7) is 4.36. The molecule has 2 atom stereocenters. The molecule has 0 radical (unpaired) electrons. The Labute approximate surface area is 121 Å². The quantitative estimate of drug-likeness (QED) is 0.916. The molecule has 0 bridgehead atoms. The molecule has 2 aromatic rings. The third kappa shape index (κ3) is 2.25. The first-order valence-electron chi connectivity index (χ1n) is 7.39. The van der Waals surface area contributed by atoms with Gasteiger partial charge in [0.25, 0.3) is 0 Å². The summed E-state index contributed by atoms with van der Waals surface area (Å²) in [6.07, 6.45) is 4.26. The number of hydrogen-bond acceptors (Lipinski definition) is 2. The molecule has 1 aromatic heterocycles. The Kier molecular flexibility index (Phi) is 3.58. The predicted octanol–water partition coefficient (Wildman–Crippen LogP) is 3.69. The third-order valence-corrected chi connectivity index (χ3v) is 4.49. The van der Waals surface area contributed by atoms with Gasteiger partial charge < -0.3 is 5.32 Å². The van der Waals surface area contributed by atoms with Crippen molar-refractivity contribution in [2.45, 2.75) is 38.6 Å². The fraction of sp³-hybridized carbons (Fsp3) is 0.389. The lowest BCUT2D eigenvalue weighted by Crippen LogP contribution is -2.24. The number of fused-ring (bicyclic) bond motifs is 1. The second-order valence-corrected chi connectivity index (χ2v) is 5.82. The first-order chi connectivity index (χ1) is 9.70. The standard InChI is InChI=1S/C18H22N2/c1-12-6-7-13(2)16(11-12)18(19-3)15-9-8-14-5-4-10-20-17(14)15/h4-7,10-11,15,18-19H,8-9H2,1-3H3. The lowest BCUT2D eigenvalue weighted by Gasteiger charge is -2.25. The average Bonchev–Trinajstić information content (AvgIpc) is 2.88. The Morgan fingerprint density at radius 1 is 1.25 bits per heavy atom. The number of hydrogen-bond donors (Lipinski definition) is 1. The van der Waals surface area contributed by atoms with Gasteiger partial charge in [0.15, 0.2) is 0 Å². The van der Waals surface area contributed by atoms with Gasteiger partial charge in [0.2, 0.25) is 0 Å². The normalized spacial score (nSPS) is 18.9. The van der Waals surface area contributed by atoms with Crippen LogP contribution in [0.15, 0.2) is 36.5 Å². The van der Waals surface area contributed by atoms with Crippen LogP contribution in [0.3, 0.4) is 0 Å². The van der Waals surface area contributed by atoms with E-state index in [1.807, 2.05) is 12.3 Å². The van der Waals surface area contributed by atoms with Crippen LogP contribution >= 0.6 is 0 Å². The molecule has 1 aliphatic rings. The minimum atomic E-state index is 0.353. The number of nitrogens with one attached hydrogen (secondary N) is 1. The van der Waals surface area contributed by atoms with E-state index in [9.17, 15) is 0 Å². The molecule has 2 nitrogen and oxygen atoms in total. The largest absolute Gasteiger partial charge is 0.312 e. The molecule has 1 aliphatic carbocycles. The maximum atomic E-state index is 4.65. The minimum absolute atomic E-state index is 0.353. The van der Waals surface area contributed by atoms with Crippen LogP contribution in [0.2, 0.25) is 0 Å². The summed E-state index contributed by atoms with van der Waals surface area (Å²) in [4.78, 5) is 4.65. The molecule has 1 heterocycles. The van der Waals surface area contributed by atoms with Crippen molar-refractivity contribution in [2.75, 3.05) is 7.05 Å². The molecule has 3 rings (SSSR count). The van der Waals surface area contributed by atoms with Crippen molar-refractivity contribution < 1.29 is 0 Å². The maximum Gasteiger partial charge on any atom is 0.0485 e. The predicted molar refractivity (Wildman–Crippen MR) is 83.0 cm³/mol. The lowest BCUT2D eigenvalue weighted by molar-refractivity contribution is 0.468. The number of likely N-dealkylation sites (N-methyl/N-ethyl adjacent to an activating group) is 1. The van der Waals surface area contributed by atoms with E-state index in [1.165, 1.54) is 34.4 Å². The summed E-state index contributed by atoms with van der Waals surface area (Å²) >= 11 is 0. The van der Waals surface area contributed by atoms with Gasteiger partial charge in [0.1, 0.15) is 0 Å². The van der Waals surface area contributed by atoms with Gasteiger partial charge in [-0.1, -0.05) is 29.8 Å². The monoisotopic (exact) mass is 266 g/mol. The average molecular weight is 266 g/mol. The van der Waals surface area contributed by atoms with Gasteiger partial charge >= 0.3 is 0 Å². The van der Waals surface area contributed by atoms with Crippen LogP contribution in [0.1, 0.15) is 46.3 Å². The van der Waals surface area contributed by atoms with Gasteiger partial charge in [-0.15, -0.1) is 0 Å². The molecule has 0 amide bonds. The molecule has 0 aliphatic heterocycles. The van der Waals surface area contributed by atoms with E-state index in [0.717, 1.165) is 6.42 Å². The van der Waals surface area contributed by atoms with Crippen molar-refractivity contribution >= 4 is 0 Å². The van der Waals surface area contributed by atoms with E-state index in [1.54, 1.807) is 0 Å². The summed E-state index contributed by atoms with van der Waals surface area (Å²) in [6, 6.07) is 11.4. The smallest absolute Gasteiger partial charge is 0.0485 e. The molecule has 0 saturated carbocycles. The highest BCUT2D eigenvalue weighted by atomic mass is 14.9. The van der Waals surface area contributed by atoms with Gasteiger partial charge in [-0.3, -0.25) is 4.98 Å². The molecule has 0 spiro atoms. The molecule has 2 unspecified atom stereocenters. The molecule has 1 N–H and O–H groups in total. The Morgan fingerprint density at radius 3 is 2.90 bits per heavy atom. The van der Waals surface area contributed by atoms with Crippen molar-refractivity contribution in [1.82, 2.24) is 10.3 Å². The van der Waals surface area contributed by atoms with Crippen molar-refractivity contribution in [3.8, 4) is 0 Å². The van der Waals surface area contributed by atoms with Crippen LogP contribution in [-0.4, -0.2) is 12.0 Å². The molecule has 104 valence electrons. The highest BCUT2D eigenvalue weighted by molar-refractivity contribution is 5.38. The van der Waals surface area contributed by atoms with E-state index in [0.29, 0.717) is 12.0 Å². The molecule has 20 heavy (non-hydrogen) atoms. The van der Waals surface area contributed by atoms with Crippen molar-refractivity contribution in [2.24, 2.45) is 0 Å². The third-order valence-electron chi connectivity index (χ3n) is 4.49. The second kappa shape index (κ2) is 5.37. The number of benzene rings is 1. The van der Waals surface area contributed by atoms with E-state index in [2.05, 4.69) is 55.5 Å². The van der Waals surface area contributed by atoms with E-state index >= 15 is 0 Å². The fourth-order valence-corrected chi connectivity index (χ4v) is 3.44. The maximum absolute atomic E-state index is 4.65. The molecule has 0 saturated heterocycles. The Morgan fingerprint density at radius 2 is 2.10 bits per heavy atom. The number of aromatic nitrogens is 1. The van der Waals surface area contributed by atoms with E-state index < -0.39 is 0 Å². The van der Waals surface area contributed by atoms with Crippen LogP contribution in [-0.2, 0) is 6.42 Å². The van der Waals surface area contributed by atoms with Crippen LogP contribution in [0, 0.1) is 13.8 Å². The van der Waals surface area contributed by atoms with Crippen LogP contribution < -0.4 is 5.32 Å². The van der Waals surface area contributed by atoms with Crippen LogP contribution in [0.25, 0.3) is 0 Å². The zero-order valence-electron chi connectivity index (χ0n) is 12.5. The number of pyridine rings is 1. The zero-order valence-corrected chi connectivity index (χ0v) is 12.5. The second-order valence-electron chi connectivity index (χ2n) is 5.82. The van der Waals surface area contributed by atoms with E-state index in [4.69, 9.17) is 0 Å². The van der Waals surface area contributed by atoms with Crippen molar-refractivity contribution in [3.05, 3.63) is 64.5 Å². The first kappa shape index (κ1) is 13.3. The van der Waals surface area contributed by atoms with Gasteiger partial charge in [0, 0.05) is 23.9 Å². The van der Waals surface area contributed by atoms with Gasteiger partial charge in [0.05, 0.1) is 0 Å².